The summed E-state index contributed by atoms with van der Waals surface area (Å²) < 4.78 is 2.21. The van der Waals surface area contributed by atoms with E-state index in [4.69, 9.17) is 0 Å². The Balaban J connectivity index is 1.67. The topological polar surface area (TPSA) is 17.1 Å². The summed E-state index contributed by atoms with van der Waals surface area (Å²) in [5, 5.41) is 1.81. The molecular formula is C25H32OS. The number of rotatable bonds is 10. The molecule has 0 N–H and O–H groups in total. The molecule has 3 rings (SSSR count). The van der Waals surface area contributed by atoms with E-state index in [1.807, 2.05) is 18.2 Å². The van der Waals surface area contributed by atoms with Crippen LogP contribution in [0.5, 0.6) is 0 Å². The minimum absolute atomic E-state index is 0.206. The second-order valence-electron chi connectivity index (χ2n) is 7.81. The van der Waals surface area contributed by atoms with Crippen LogP contribution in [0.15, 0.2) is 47.3 Å². The van der Waals surface area contributed by atoms with Crippen molar-refractivity contribution in [1.29, 1.82) is 0 Å². The highest BCUT2D eigenvalue weighted by Gasteiger charge is 2.14. The Morgan fingerprint density at radius 2 is 1.48 bits per heavy atom. The van der Waals surface area contributed by atoms with Crippen molar-refractivity contribution in [1.82, 2.24) is 0 Å². The van der Waals surface area contributed by atoms with E-state index in [2.05, 4.69) is 38.1 Å². The smallest absolute Gasteiger partial charge is 0.196 e. The van der Waals surface area contributed by atoms with Gasteiger partial charge in [0.05, 0.1) is 0 Å². The largest absolute Gasteiger partial charge is 0.288 e. The lowest BCUT2D eigenvalue weighted by Gasteiger charge is -2.14. The van der Waals surface area contributed by atoms with Crippen molar-refractivity contribution in [3.63, 3.8) is 0 Å². The van der Waals surface area contributed by atoms with E-state index < -0.39 is 0 Å². The van der Waals surface area contributed by atoms with Gasteiger partial charge in [0, 0.05) is 20.2 Å². The second kappa shape index (κ2) is 10.0. The lowest BCUT2D eigenvalue weighted by molar-refractivity contribution is 0.544. The van der Waals surface area contributed by atoms with E-state index in [0.717, 1.165) is 20.2 Å². The van der Waals surface area contributed by atoms with Crippen LogP contribution in [0.25, 0.3) is 20.2 Å². The molecular weight excluding hydrogens is 348 g/mol. The molecule has 0 amide bonds. The number of benzene rings is 2. The monoisotopic (exact) mass is 380 g/mol. The molecule has 1 aromatic heterocycles. The number of hydrogen-bond donors (Lipinski definition) is 0. The highest BCUT2D eigenvalue weighted by Crippen LogP contribution is 2.32. The molecule has 0 aliphatic rings. The molecule has 3 aromatic rings. The van der Waals surface area contributed by atoms with Gasteiger partial charge in [0.2, 0.25) is 0 Å². The maximum atomic E-state index is 13.1. The third-order valence-corrected chi connectivity index (χ3v) is 6.79. The van der Waals surface area contributed by atoms with Gasteiger partial charge in [0.1, 0.15) is 0 Å². The zero-order valence-corrected chi connectivity index (χ0v) is 17.6. The van der Waals surface area contributed by atoms with E-state index >= 15 is 0 Å². The molecule has 1 nitrogen and oxygen atoms in total. The Hall–Kier alpha value is -1.67. The van der Waals surface area contributed by atoms with Crippen molar-refractivity contribution in [3.8, 4) is 0 Å². The maximum absolute atomic E-state index is 13.1. The van der Waals surface area contributed by atoms with Gasteiger partial charge in [-0.2, -0.15) is 0 Å². The van der Waals surface area contributed by atoms with Gasteiger partial charge in [-0.05, 0) is 36.1 Å². The van der Waals surface area contributed by atoms with Crippen molar-refractivity contribution in [2.75, 3.05) is 0 Å². The Kier molecular flexibility index (Phi) is 7.46. The quantitative estimate of drug-likeness (QED) is 0.257. The summed E-state index contributed by atoms with van der Waals surface area (Å²) in [6.07, 6.45) is 12.0. The van der Waals surface area contributed by atoms with Crippen LogP contribution < -0.4 is 5.43 Å². The standard InChI is InChI=1S/C25H32OS/c1-3-4-5-6-7-8-9-10-14-19(2)20-16-13-18-23-24(20)25(26)21-15-11-12-17-22(21)27-23/h11-13,15-19H,3-10,14H2,1-2H3. The highest BCUT2D eigenvalue weighted by molar-refractivity contribution is 7.24. The third kappa shape index (κ3) is 4.99. The van der Waals surface area contributed by atoms with Gasteiger partial charge >= 0.3 is 0 Å². The normalized spacial score (nSPS) is 12.7. The summed E-state index contributed by atoms with van der Waals surface area (Å²) in [7, 11) is 0. The first kappa shape index (κ1) is 20.1. The Bertz CT molecular complexity index is 924. The third-order valence-electron chi connectivity index (χ3n) is 5.66. The van der Waals surface area contributed by atoms with Crippen LogP contribution in [0, 0.1) is 0 Å². The van der Waals surface area contributed by atoms with Crippen molar-refractivity contribution in [2.24, 2.45) is 0 Å². The van der Waals surface area contributed by atoms with E-state index in [-0.39, 0.29) is 5.43 Å². The maximum Gasteiger partial charge on any atom is 0.196 e. The highest BCUT2D eigenvalue weighted by atomic mass is 32.1. The first-order valence-corrected chi connectivity index (χ1v) is 11.5. The summed E-state index contributed by atoms with van der Waals surface area (Å²) in [5.41, 5.74) is 1.44. The van der Waals surface area contributed by atoms with Gasteiger partial charge < -0.3 is 0 Å². The second-order valence-corrected chi connectivity index (χ2v) is 8.90. The summed E-state index contributed by atoms with van der Waals surface area (Å²) in [6.45, 7) is 4.56. The SMILES string of the molecule is CCCCCCCCCCC(C)c1cccc2sc3ccccc3c(=O)c12. The molecule has 0 spiro atoms. The Labute approximate surface area is 167 Å². The molecule has 1 unspecified atom stereocenters. The minimum Gasteiger partial charge on any atom is -0.288 e. The predicted octanol–water partition coefficient (Wildman–Crippen LogP) is 8.05. The van der Waals surface area contributed by atoms with Crippen molar-refractivity contribution >= 4 is 31.5 Å². The first-order valence-electron chi connectivity index (χ1n) is 10.7. The number of unbranched alkanes of at least 4 members (excludes halogenated alkanes) is 7. The lowest BCUT2D eigenvalue weighted by Crippen LogP contribution is -2.06. The van der Waals surface area contributed by atoms with Gasteiger partial charge in [0.25, 0.3) is 0 Å². The molecule has 0 bridgehead atoms. The molecule has 0 saturated carbocycles. The van der Waals surface area contributed by atoms with Gasteiger partial charge in [0.15, 0.2) is 5.43 Å². The fourth-order valence-electron chi connectivity index (χ4n) is 4.02. The van der Waals surface area contributed by atoms with Gasteiger partial charge in [-0.3, -0.25) is 4.79 Å². The zero-order chi connectivity index (χ0) is 19.1. The van der Waals surface area contributed by atoms with E-state index in [9.17, 15) is 4.79 Å². The summed E-state index contributed by atoms with van der Waals surface area (Å²) in [6, 6.07) is 14.4. The Morgan fingerprint density at radius 3 is 2.26 bits per heavy atom. The summed E-state index contributed by atoms with van der Waals surface area (Å²) in [5.74, 6) is 0.440. The summed E-state index contributed by atoms with van der Waals surface area (Å²) in [4.78, 5) is 13.1. The molecule has 0 aliphatic carbocycles. The lowest BCUT2D eigenvalue weighted by atomic mass is 9.92. The molecule has 0 saturated heterocycles. The first-order chi connectivity index (χ1) is 13.2. The predicted molar refractivity (Wildman–Crippen MR) is 121 cm³/mol. The molecule has 2 heteroatoms. The van der Waals surface area contributed by atoms with Crippen LogP contribution in [0.3, 0.4) is 0 Å². The van der Waals surface area contributed by atoms with E-state index in [1.54, 1.807) is 11.3 Å². The molecule has 1 atom stereocenters. The van der Waals surface area contributed by atoms with Crippen LogP contribution >= 0.6 is 11.3 Å². The molecule has 2 aromatic carbocycles. The molecule has 1 heterocycles. The number of fused-ring (bicyclic) bond motifs is 2. The fraction of sp³-hybridized carbons (Fsp3) is 0.480. The molecule has 27 heavy (non-hydrogen) atoms. The number of hydrogen-bond acceptors (Lipinski definition) is 2. The molecule has 0 fully saturated rings. The Morgan fingerprint density at radius 1 is 0.815 bits per heavy atom. The van der Waals surface area contributed by atoms with Crippen LogP contribution in [0.2, 0.25) is 0 Å². The zero-order valence-electron chi connectivity index (χ0n) is 16.8. The minimum atomic E-state index is 0.206. The van der Waals surface area contributed by atoms with Crippen LogP contribution in [0.1, 0.15) is 83.1 Å². The van der Waals surface area contributed by atoms with Crippen molar-refractivity contribution in [2.45, 2.75) is 77.6 Å². The van der Waals surface area contributed by atoms with Crippen LogP contribution in [0.4, 0.5) is 0 Å². The fourth-order valence-corrected chi connectivity index (χ4v) is 5.14. The molecule has 144 valence electrons. The van der Waals surface area contributed by atoms with Crippen LogP contribution in [-0.2, 0) is 0 Å². The van der Waals surface area contributed by atoms with Gasteiger partial charge in [-0.25, -0.2) is 0 Å². The van der Waals surface area contributed by atoms with Crippen LogP contribution in [-0.4, -0.2) is 0 Å². The van der Waals surface area contributed by atoms with Gasteiger partial charge in [-0.15, -0.1) is 11.3 Å². The molecule has 0 aliphatic heterocycles. The van der Waals surface area contributed by atoms with E-state index in [0.29, 0.717) is 5.92 Å². The molecule has 0 radical (unpaired) electrons. The average molecular weight is 381 g/mol. The average Bonchev–Trinajstić information content (AvgIpc) is 2.69. The van der Waals surface area contributed by atoms with Crippen molar-refractivity contribution in [3.05, 3.63) is 58.3 Å². The van der Waals surface area contributed by atoms with Crippen molar-refractivity contribution < 1.29 is 0 Å². The van der Waals surface area contributed by atoms with E-state index in [1.165, 1.54) is 63.4 Å². The van der Waals surface area contributed by atoms with Gasteiger partial charge in [-0.1, -0.05) is 89.5 Å². The summed E-state index contributed by atoms with van der Waals surface area (Å²) >= 11 is 1.74.